The molecule has 1 rings (SSSR count). The highest BCUT2D eigenvalue weighted by Gasteiger charge is 2.24. The average molecular weight is 405 g/mol. The summed E-state index contributed by atoms with van der Waals surface area (Å²) in [4.78, 5) is 25.4. The van der Waals surface area contributed by atoms with E-state index in [4.69, 9.17) is 18.9 Å². The van der Waals surface area contributed by atoms with Crippen LogP contribution in [0.25, 0.3) is 0 Å². The molecule has 0 N–H and O–H groups in total. The average Bonchev–Trinajstić information content (AvgIpc) is 2.69. The van der Waals surface area contributed by atoms with Crippen LogP contribution in [-0.2, 0) is 20.7 Å². The van der Waals surface area contributed by atoms with Gasteiger partial charge >= 0.3 is 5.97 Å². The van der Waals surface area contributed by atoms with Crippen LogP contribution in [0.3, 0.4) is 0 Å². The van der Waals surface area contributed by atoms with Crippen molar-refractivity contribution in [2.45, 2.75) is 51.6 Å². The van der Waals surface area contributed by atoms with Crippen LogP contribution in [0.1, 0.15) is 54.9 Å². The third-order valence-electron chi connectivity index (χ3n) is 4.24. The van der Waals surface area contributed by atoms with Gasteiger partial charge in [0.1, 0.15) is 28.9 Å². The zero-order valence-corrected chi connectivity index (χ0v) is 17.7. The van der Waals surface area contributed by atoms with Crippen molar-refractivity contribution < 1.29 is 28.5 Å². The van der Waals surface area contributed by atoms with Crippen LogP contribution in [0.2, 0.25) is 0 Å². The molecule has 29 heavy (non-hydrogen) atoms. The fourth-order valence-electron chi connectivity index (χ4n) is 2.81. The molecular formula is C23H32O6. The van der Waals surface area contributed by atoms with Gasteiger partial charge in [-0.05, 0) is 37.8 Å². The molecule has 0 fully saturated rings. The molecule has 0 aliphatic carbocycles. The molecule has 0 saturated heterocycles. The molecular weight excluding hydrogens is 372 g/mol. The van der Waals surface area contributed by atoms with Crippen LogP contribution >= 0.6 is 0 Å². The third kappa shape index (κ3) is 8.52. The second kappa shape index (κ2) is 13.6. The van der Waals surface area contributed by atoms with E-state index in [-0.39, 0.29) is 36.4 Å². The molecule has 0 radical (unpaired) electrons. The molecule has 0 aliphatic heterocycles. The minimum Gasteiger partial charge on any atom is -0.497 e. The first-order chi connectivity index (χ1) is 14.0. The zero-order chi connectivity index (χ0) is 21.6. The number of unbranched alkanes of at least 4 members (excludes halogenated alkanes) is 2. The molecule has 0 heterocycles. The van der Waals surface area contributed by atoms with Gasteiger partial charge in [0.05, 0.1) is 7.11 Å². The Bertz CT molecular complexity index is 695. The molecule has 0 aromatic heterocycles. The second-order valence-electron chi connectivity index (χ2n) is 6.70. The monoisotopic (exact) mass is 404 g/mol. The number of esters is 1. The lowest BCUT2D eigenvalue weighted by molar-refractivity contribution is -0.118. The number of methoxy groups -OCH3 is 2. The van der Waals surface area contributed by atoms with E-state index in [1.54, 1.807) is 25.1 Å². The maximum Gasteiger partial charge on any atom is 0.342 e. The number of Topliss-reactive ketones (excluding diaryl/α,β-unsaturated/α-hetero) is 1. The van der Waals surface area contributed by atoms with E-state index in [0.29, 0.717) is 24.2 Å². The van der Waals surface area contributed by atoms with Crippen molar-refractivity contribution >= 4 is 11.8 Å². The van der Waals surface area contributed by atoms with Crippen molar-refractivity contribution in [1.29, 1.82) is 0 Å². The van der Waals surface area contributed by atoms with Crippen molar-refractivity contribution in [3.63, 3.8) is 0 Å². The number of benzene rings is 1. The molecule has 0 unspecified atom stereocenters. The predicted octanol–water partition coefficient (Wildman–Crippen LogP) is 4.66. The number of ether oxygens (including phenoxy) is 4. The Hall–Kier alpha value is -2.60. The van der Waals surface area contributed by atoms with Gasteiger partial charge in [-0.3, -0.25) is 4.79 Å². The number of hydrogen-bond donors (Lipinski definition) is 0. The highest BCUT2D eigenvalue weighted by Crippen LogP contribution is 2.31. The molecule has 0 spiro atoms. The third-order valence-corrected chi connectivity index (χ3v) is 4.24. The molecule has 1 aromatic carbocycles. The summed E-state index contributed by atoms with van der Waals surface area (Å²) in [5.74, 6) is 0.230. The SMILES string of the molecule is C=CCCCCC(=O)Cc1cc(OC)cc(OCOC)c1C(=O)O[C@@H](C)CC=C. The number of allylic oxidation sites excluding steroid dienone is 1. The first kappa shape index (κ1) is 24.4. The van der Waals surface area contributed by atoms with Crippen molar-refractivity contribution in [1.82, 2.24) is 0 Å². The summed E-state index contributed by atoms with van der Waals surface area (Å²) in [5.41, 5.74) is 0.734. The highest BCUT2D eigenvalue weighted by molar-refractivity contribution is 5.96. The van der Waals surface area contributed by atoms with Crippen LogP contribution in [0.15, 0.2) is 37.4 Å². The fraction of sp³-hybridized carbons (Fsp3) is 0.478. The summed E-state index contributed by atoms with van der Waals surface area (Å²) in [5, 5.41) is 0. The minimum absolute atomic E-state index is 0.0354. The molecule has 0 amide bonds. The van der Waals surface area contributed by atoms with Crippen LogP contribution in [0.4, 0.5) is 0 Å². The quantitative estimate of drug-likeness (QED) is 0.183. The Morgan fingerprint density at radius 1 is 1.14 bits per heavy atom. The van der Waals surface area contributed by atoms with Crippen molar-refractivity contribution in [2.24, 2.45) is 0 Å². The zero-order valence-electron chi connectivity index (χ0n) is 17.7. The predicted molar refractivity (Wildman–Crippen MR) is 113 cm³/mol. The summed E-state index contributed by atoms with van der Waals surface area (Å²) < 4.78 is 21.4. The van der Waals surface area contributed by atoms with Gasteiger partial charge < -0.3 is 18.9 Å². The van der Waals surface area contributed by atoms with E-state index in [9.17, 15) is 9.59 Å². The molecule has 6 nitrogen and oxygen atoms in total. The molecule has 1 atom stereocenters. The number of rotatable bonds is 15. The lowest BCUT2D eigenvalue weighted by atomic mass is 9.98. The topological polar surface area (TPSA) is 71.1 Å². The number of hydrogen-bond acceptors (Lipinski definition) is 6. The van der Waals surface area contributed by atoms with Gasteiger partial charge in [0.25, 0.3) is 0 Å². The molecule has 0 saturated carbocycles. The van der Waals surface area contributed by atoms with E-state index in [1.807, 2.05) is 6.08 Å². The van der Waals surface area contributed by atoms with E-state index in [0.717, 1.165) is 19.3 Å². The van der Waals surface area contributed by atoms with Crippen LogP contribution in [0, 0.1) is 0 Å². The summed E-state index contributed by atoms with van der Waals surface area (Å²) in [6.45, 7) is 9.08. The van der Waals surface area contributed by atoms with Gasteiger partial charge in [-0.25, -0.2) is 4.79 Å². The van der Waals surface area contributed by atoms with Crippen molar-refractivity contribution in [2.75, 3.05) is 21.0 Å². The first-order valence-corrected chi connectivity index (χ1v) is 9.73. The Morgan fingerprint density at radius 2 is 1.90 bits per heavy atom. The molecule has 160 valence electrons. The van der Waals surface area contributed by atoms with Gasteiger partial charge in [-0.15, -0.1) is 13.2 Å². The van der Waals surface area contributed by atoms with E-state index in [2.05, 4.69) is 13.2 Å². The number of ketones is 1. The summed E-state index contributed by atoms with van der Waals surface area (Å²) >= 11 is 0. The van der Waals surface area contributed by atoms with Gasteiger partial charge in [0.2, 0.25) is 0 Å². The van der Waals surface area contributed by atoms with Crippen LogP contribution < -0.4 is 9.47 Å². The van der Waals surface area contributed by atoms with Gasteiger partial charge in [-0.2, -0.15) is 0 Å². The number of carbonyl (C=O) groups excluding carboxylic acids is 2. The Balaban J connectivity index is 3.17. The lowest BCUT2D eigenvalue weighted by Gasteiger charge is -2.18. The van der Waals surface area contributed by atoms with Gasteiger partial charge in [0, 0.05) is 32.4 Å². The maximum absolute atomic E-state index is 12.9. The fourth-order valence-corrected chi connectivity index (χ4v) is 2.81. The Labute approximate surface area is 173 Å². The van der Waals surface area contributed by atoms with Crippen LogP contribution in [0.5, 0.6) is 11.5 Å². The standard InChI is InChI=1S/C23H32O6/c1-6-8-9-10-12-19(24)13-18-14-20(27-5)15-21(28-16-26-4)22(18)23(25)29-17(3)11-7-2/h6-7,14-15,17H,1-2,8-13,16H2,3-5H3/t17-/m0/s1. The maximum atomic E-state index is 12.9. The van der Waals surface area contributed by atoms with Gasteiger partial charge in [-0.1, -0.05) is 12.2 Å². The molecule has 6 heteroatoms. The van der Waals surface area contributed by atoms with Gasteiger partial charge in [0.15, 0.2) is 6.79 Å². The number of carbonyl (C=O) groups is 2. The van der Waals surface area contributed by atoms with E-state index in [1.165, 1.54) is 14.2 Å². The second-order valence-corrected chi connectivity index (χ2v) is 6.70. The summed E-state index contributed by atoms with van der Waals surface area (Å²) in [7, 11) is 3.00. The molecule has 0 bridgehead atoms. The Morgan fingerprint density at radius 3 is 2.52 bits per heavy atom. The normalized spacial score (nSPS) is 11.4. The van der Waals surface area contributed by atoms with E-state index >= 15 is 0 Å². The Kier molecular flexibility index (Phi) is 11.4. The summed E-state index contributed by atoms with van der Waals surface area (Å²) in [6.07, 6.45) is 6.78. The molecule has 1 aromatic rings. The molecule has 0 aliphatic rings. The minimum atomic E-state index is -0.553. The van der Waals surface area contributed by atoms with Crippen molar-refractivity contribution in [3.05, 3.63) is 48.6 Å². The first-order valence-electron chi connectivity index (χ1n) is 9.73. The highest BCUT2D eigenvalue weighted by atomic mass is 16.7. The summed E-state index contributed by atoms with van der Waals surface area (Å²) in [6, 6.07) is 3.27. The van der Waals surface area contributed by atoms with E-state index < -0.39 is 5.97 Å². The largest absolute Gasteiger partial charge is 0.497 e. The van der Waals surface area contributed by atoms with Crippen LogP contribution in [-0.4, -0.2) is 38.9 Å². The smallest absolute Gasteiger partial charge is 0.342 e. The van der Waals surface area contributed by atoms with Crippen molar-refractivity contribution in [3.8, 4) is 11.5 Å². The lowest BCUT2D eigenvalue weighted by Crippen LogP contribution is -2.19.